The van der Waals surface area contributed by atoms with E-state index in [1.165, 1.54) is 0 Å². The first-order chi connectivity index (χ1) is 13.8. The summed E-state index contributed by atoms with van der Waals surface area (Å²) in [6, 6.07) is 32.0. The molecular weight excluding hydrogens is 345 g/mol. The van der Waals surface area contributed by atoms with E-state index >= 15 is 0 Å². The van der Waals surface area contributed by atoms with Crippen molar-refractivity contribution in [2.24, 2.45) is 0 Å². The molecule has 0 atom stereocenters. The zero-order valence-corrected chi connectivity index (χ0v) is 15.2. The number of para-hydroxylation sites is 1. The Labute approximate surface area is 163 Å². The lowest BCUT2D eigenvalue weighted by molar-refractivity contribution is 0.433. The third-order valence-corrected chi connectivity index (χ3v) is 5.02. The normalized spacial score (nSPS) is 11.0. The minimum absolute atomic E-state index is 0.631. The first kappa shape index (κ1) is 16.7. The Balaban J connectivity index is 1.40. The van der Waals surface area contributed by atoms with Crippen LogP contribution < -0.4 is 10.1 Å². The fourth-order valence-electron chi connectivity index (χ4n) is 3.57. The molecule has 0 aliphatic rings. The molecular formula is C24H18BNO2. The molecule has 4 aromatic carbocycles. The summed E-state index contributed by atoms with van der Waals surface area (Å²) in [5, 5.41) is 12.8. The van der Waals surface area contributed by atoms with Crippen LogP contribution in [0.5, 0.6) is 5.75 Å². The van der Waals surface area contributed by atoms with E-state index in [1.54, 1.807) is 0 Å². The summed E-state index contributed by atoms with van der Waals surface area (Å²) in [6.07, 6.45) is 0. The van der Waals surface area contributed by atoms with Gasteiger partial charge in [0.25, 0.3) is 0 Å². The van der Waals surface area contributed by atoms with Crippen molar-refractivity contribution in [1.29, 1.82) is 0 Å². The van der Waals surface area contributed by atoms with Crippen molar-refractivity contribution in [2.75, 3.05) is 0 Å². The van der Waals surface area contributed by atoms with Crippen LogP contribution in [0.2, 0.25) is 0 Å². The maximum absolute atomic E-state index is 10.6. The van der Waals surface area contributed by atoms with Gasteiger partial charge in [-0.15, -0.1) is 0 Å². The molecule has 0 unspecified atom stereocenters. The van der Waals surface area contributed by atoms with E-state index in [2.05, 4.69) is 29.2 Å². The molecule has 134 valence electrons. The van der Waals surface area contributed by atoms with Crippen LogP contribution in [0.3, 0.4) is 0 Å². The Morgan fingerprint density at radius 2 is 1.32 bits per heavy atom. The zero-order valence-electron chi connectivity index (χ0n) is 15.2. The largest absolute Gasteiger partial charge is 0.560 e. The minimum atomic E-state index is -1.03. The lowest BCUT2D eigenvalue weighted by atomic mass is 9.79. The van der Waals surface area contributed by atoms with Gasteiger partial charge in [0, 0.05) is 21.8 Å². The van der Waals surface area contributed by atoms with Gasteiger partial charge in [0.15, 0.2) is 0 Å². The van der Waals surface area contributed by atoms with Gasteiger partial charge in [-0.05, 0) is 40.9 Å². The lowest BCUT2D eigenvalue weighted by Crippen LogP contribution is -2.36. The van der Waals surface area contributed by atoms with Gasteiger partial charge in [0.05, 0.1) is 0 Å². The van der Waals surface area contributed by atoms with Crippen LogP contribution in [-0.4, -0.2) is 17.1 Å². The van der Waals surface area contributed by atoms with Crippen molar-refractivity contribution < 1.29 is 9.68 Å². The molecule has 3 nitrogen and oxygen atoms in total. The number of H-pyrrole nitrogens is 1. The van der Waals surface area contributed by atoms with E-state index in [0.29, 0.717) is 5.75 Å². The summed E-state index contributed by atoms with van der Waals surface area (Å²) >= 11 is 0. The Bertz CT molecular complexity index is 1250. The lowest BCUT2D eigenvalue weighted by Gasteiger charge is -2.11. The number of hydrogen-bond acceptors (Lipinski definition) is 2. The zero-order chi connectivity index (χ0) is 18.9. The molecule has 1 heterocycles. The number of fused-ring (bicyclic) bond motifs is 3. The van der Waals surface area contributed by atoms with Crippen molar-refractivity contribution in [3.05, 3.63) is 97.1 Å². The van der Waals surface area contributed by atoms with E-state index < -0.39 is 7.12 Å². The molecule has 5 rings (SSSR count). The molecule has 5 aromatic rings. The fraction of sp³-hybridized carbons (Fsp3) is 0. The quantitative estimate of drug-likeness (QED) is 0.453. The first-order valence-corrected chi connectivity index (χ1v) is 9.28. The van der Waals surface area contributed by atoms with E-state index in [-0.39, 0.29) is 0 Å². The highest BCUT2D eigenvalue weighted by atomic mass is 16.5. The smallest absolute Gasteiger partial charge is 0.532 e. The van der Waals surface area contributed by atoms with Crippen LogP contribution in [-0.2, 0) is 0 Å². The molecule has 0 aliphatic heterocycles. The van der Waals surface area contributed by atoms with E-state index in [0.717, 1.165) is 38.4 Å². The summed E-state index contributed by atoms with van der Waals surface area (Å²) < 4.78 is 5.77. The maximum atomic E-state index is 10.6. The summed E-state index contributed by atoms with van der Waals surface area (Å²) in [7, 11) is -1.03. The number of nitrogens with one attached hydrogen (secondary N) is 1. The van der Waals surface area contributed by atoms with E-state index in [9.17, 15) is 5.02 Å². The minimum Gasteiger partial charge on any atom is -0.532 e. The fourth-order valence-corrected chi connectivity index (χ4v) is 3.57. The second-order valence-corrected chi connectivity index (χ2v) is 6.84. The number of aromatic amines is 1. The molecule has 0 fully saturated rings. The molecule has 2 N–H and O–H groups in total. The molecule has 0 aliphatic carbocycles. The van der Waals surface area contributed by atoms with Crippen molar-refractivity contribution in [2.45, 2.75) is 0 Å². The van der Waals surface area contributed by atoms with Gasteiger partial charge in [-0.1, -0.05) is 72.8 Å². The summed E-state index contributed by atoms with van der Waals surface area (Å²) in [4.78, 5) is 3.39. The molecule has 4 heteroatoms. The van der Waals surface area contributed by atoms with Gasteiger partial charge in [-0.3, -0.25) is 0 Å². The number of hydrogen-bond donors (Lipinski definition) is 2. The maximum Gasteiger partial charge on any atom is 0.560 e. The third-order valence-electron chi connectivity index (χ3n) is 5.02. The SMILES string of the molecule is OB(Oc1ccc(-c2ccccc2)cc1)c1ccc2[nH]c3ccccc3c2c1. The predicted octanol–water partition coefficient (Wildman–Crippen LogP) is 4.75. The first-order valence-electron chi connectivity index (χ1n) is 9.28. The second kappa shape index (κ2) is 6.91. The number of benzene rings is 4. The van der Waals surface area contributed by atoms with Gasteiger partial charge in [-0.25, -0.2) is 0 Å². The highest BCUT2D eigenvalue weighted by molar-refractivity contribution is 6.61. The Morgan fingerprint density at radius 1 is 0.643 bits per heavy atom. The molecule has 0 bridgehead atoms. The molecule has 0 radical (unpaired) electrons. The molecule has 1 aromatic heterocycles. The van der Waals surface area contributed by atoms with Gasteiger partial charge in [0.2, 0.25) is 0 Å². The average Bonchev–Trinajstić information content (AvgIpc) is 3.13. The van der Waals surface area contributed by atoms with Crippen LogP contribution in [0, 0.1) is 0 Å². The third kappa shape index (κ3) is 3.04. The Kier molecular flexibility index (Phi) is 4.11. The predicted molar refractivity (Wildman–Crippen MR) is 116 cm³/mol. The monoisotopic (exact) mass is 363 g/mol. The molecule has 0 amide bonds. The van der Waals surface area contributed by atoms with Gasteiger partial charge in [-0.2, -0.15) is 0 Å². The molecule has 0 spiro atoms. The average molecular weight is 363 g/mol. The van der Waals surface area contributed by atoms with Crippen molar-refractivity contribution in [3.63, 3.8) is 0 Å². The topological polar surface area (TPSA) is 45.2 Å². The van der Waals surface area contributed by atoms with Crippen molar-refractivity contribution in [1.82, 2.24) is 4.98 Å². The van der Waals surface area contributed by atoms with Crippen LogP contribution in [0.1, 0.15) is 0 Å². The molecule has 28 heavy (non-hydrogen) atoms. The van der Waals surface area contributed by atoms with Crippen molar-refractivity contribution in [3.8, 4) is 16.9 Å². The van der Waals surface area contributed by atoms with Crippen LogP contribution in [0.15, 0.2) is 97.1 Å². The molecule has 0 saturated carbocycles. The van der Waals surface area contributed by atoms with Crippen LogP contribution in [0.25, 0.3) is 32.9 Å². The Morgan fingerprint density at radius 3 is 2.14 bits per heavy atom. The molecule has 0 saturated heterocycles. The summed E-state index contributed by atoms with van der Waals surface area (Å²) in [6.45, 7) is 0. The summed E-state index contributed by atoms with van der Waals surface area (Å²) in [5.41, 5.74) is 5.12. The van der Waals surface area contributed by atoms with Gasteiger partial charge < -0.3 is 14.7 Å². The van der Waals surface area contributed by atoms with Gasteiger partial charge in [0.1, 0.15) is 5.75 Å². The highest BCUT2D eigenvalue weighted by Gasteiger charge is 2.20. The van der Waals surface area contributed by atoms with Gasteiger partial charge >= 0.3 is 7.12 Å². The summed E-state index contributed by atoms with van der Waals surface area (Å²) in [5.74, 6) is 0.631. The van der Waals surface area contributed by atoms with E-state index in [1.807, 2.05) is 72.8 Å². The van der Waals surface area contributed by atoms with Crippen molar-refractivity contribution >= 4 is 34.4 Å². The standard InChI is InChI=1S/C24H18BNO2/c27-25(28-20-13-10-18(11-14-20)17-6-2-1-3-7-17)19-12-15-24-22(16-19)21-8-4-5-9-23(21)26-24/h1-16,26-27H. The van der Waals surface area contributed by atoms with Crippen LogP contribution in [0.4, 0.5) is 0 Å². The Hall–Kier alpha value is -3.50. The highest BCUT2D eigenvalue weighted by Crippen LogP contribution is 2.25. The second-order valence-electron chi connectivity index (χ2n) is 6.84. The van der Waals surface area contributed by atoms with E-state index in [4.69, 9.17) is 4.65 Å². The number of rotatable bonds is 4. The van der Waals surface area contributed by atoms with Crippen LogP contribution >= 0.6 is 0 Å². The number of aromatic nitrogens is 1.